The number of aromatic nitrogens is 2. The van der Waals surface area contributed by atoms with Crippen LogP contribution in [0.4, 0.5) is 4.39 Å². The van der Waals surface area contributed by atoms with Crippen LogP contribution in [0.5, 0.6) is 0 Å². The van der Waals surface area contributed by atoms with E-state index >= 15 is 0 Å². The van der Waals surface area contributed by atoms with Crippen LogP contribution in [0.3, 0.4) is 0 Å². The number of nitrogens with one attached hydrogen (secondary N) is 1. The molecule has 0 saturated carbocycles. The highest BCUT2D eigenvalue weighted by Gasteiger charge is 2.24. The van der Waals surface area contributed by atoms with Gasteiger partial charge < -0.3 is 14.7 Å². The summed E-state index contributed by atoms with van der Waals surface area (Å²) in [4.78, 5) is 19.5. The second kappa shape index (κ2) is 8.02. The Bertz CT molecular complexity index is 950. The molecule has 0 radical (unpaired) electrons. The zero-order valence-electron chi connectivity index (χ0n) is 14.9. The lowest BCUT2D eigenvalue weighted by Gasteiger charge is -2.20. The molecule has 142 valence electrons. The monoisotopic (exact) mass is 390 g/mol. The highest BCUT2D eigenvalue weighted by molar-refractivity contribution is 6.07. The molecular formula is C19H20ClFN4O2. The molecule has 0 unspecified atom stereocenters. The number of hydrogen-bond donors (Lipinski definition) is 1. The van der Waals surface area contributed by atoms with Gasteiger partial charge >= 0.3 is 0 Å². The van der Waals surface area contributed by atoms with Gasteiger partial charge in [-0.25, -0.2) is 9.37 Å². The third kappa shape index (κ3) is 3.79. The molecule has 1 fully saturated rings. The molecule has 0 aliphatic carbocycles. The van der Waals surface area contributed by atoms with E-state index in [-0.39, 0.29) is 24.1 Å². The number of carbonyl (C=O) groups excluding carboxylic acids is 1. The number of halogens is 2. The number of rotatable bonds is 2. The maximum absolute atomic E-state index is 13.2. The van der Waals surface area contributed by atoms with Crippen molar-refractivity contribution in [1.29, 1.82) is 0 Å². The molecule has 1 aliphatic heterocycles. The number of aryl methyl sites for hydroxylation is 1. The molecule has 6 nitrogen and oxygen atoms in total. The highest BCUT2D eigenvalue weighted by Crippen LogP contribution is 2.28. The number of fused-ring (bicyclic) bond motifs is 1. The molecule has 1 saturated heterocycles. The van der Waals surface area contributed by atoms with E-state index in [1.54, 1.807) is 25.1 Å². The van der Waals surface area contributed by atoms with Crippen molar-refractivity contribution in [3.05, 3.63) is 47.4 Å². The summed E-state index contributed by atoms with van der Waals surface area (Å²) in [6.07, 6.45) is 0.910. The van der Waals surface area contributed by atoms with E-state index in [4.69, 9.17) is 4.52 Å². The summed E-state index contributed by atoms with van der Waals surface area (Å²) < 4.78 is 18.6. The van der Waals surface area contributed by atoms with Crippen molar-refractivity contribution in [3.63, 3.8) is 0 Å². The number of benzene rings is 1. The van der Waals surface area contributed by atoms with Gasteiger partial charge in [-0.1, -0.05) is 5.16 Å². The van der Waals surface area contributed by atoms with Crippen LogP contribution < -0.4 is 5.32 Å². The summed E-state index contributed by atoms with van der Waals surface area (Å²) in [5.74, 6) is -0.380. The Kier molecular flexibility index (Phi) is 5.72. The number of hydrogen-bond acceptors (Lipinski definition) is 5. The van der Waals surface area contributed by atoms with E-state index in [1.165, 1.54) is 12.1 Å². The van der Waals surface area contributed by atoms with Gasteiger partial charge in [0.15, 0.2) is 0 Å². The van der Waals surface area contributed by atoms with Gasteiger partial charge in [0.25, 0.3) is 11.6 Å². The topological polar surface area (TPSA) is 71.3 Å². The molecule has 4 rings (SSSR count). The van der Waals surface area contributed by atoms with Crippen molar-refractivity contribution >= 4 is 29.4 Å². The Hall–Kier alpha value is -2.51. The Labute approximate surface area is 162 Å². The van der Waals surface area contributed by atoms with Crippen LogP contribution in [0, 0.1) is 12.7 Å². The number of pyridine rings is 1. The molecule has 27 heavy (non-hydrogen) atoms. The Morgan fingerprint density at radius 2 is 2.00 bits per heavy atom. The maximum atomic E-state index is 13.2. The molecule has 1 N–H and O–H groups in total. The van der Waals surface area contributed by atoms with E-state index in [2.05, 4.69) is 15.5 Å². The molecule has 0 spiro atoms. The lowest BCUT2D eigenvalue weighted by atomic mass is 10.0. The first-order chi connectivity index (χ1) is 12.6. The van der Waals surface area contributed by atoms with Crippen LogP contribution in [-0.4, -0.2) is 47.1 Å². The average molecular weight is 391 g/mol. The van der Waals surface area contributed by atoms with E-state index < -0.39 is 0 Å². The van der Waals surface area contributed by atoms with Gasteiger partial charge in [0.2, 0.25) is 0 Å². The minimum atomic E-state index is -0.321. The largest absolute Gasteiger partial charge is 0.337 e. The van der Waals surface area contributed by atoms with Gasteiger partial charge in [-0.2, -0.15) is 0 Å². The molecule has 8 heteroatoms. The Balaban J connectivity index is 0.00000210. The van der Waals surface area contributed by atoms with Crippen molar-refractivity contribution in [3.8, 4) is 11.3 Å². The van der Waals surface area contributed by atoms with Crippen molar-refractivity contribution < 1.29 is 13.7 Å². The minimum absolute atomic E-state index is 0. The first kappa shape index (κ1) is 19.3. The lowest BCUT2D eigenvalue weighted by molar-refractivity contribution is 0.0768. The highest BCUT2D eigenvalue weighted by atomic mass is 35.5. The number of amides is 1. The third-order valence-electron chi connectivity index (χ3n) is 4.61. The van der Waals surface area contributed by atoms with Crippen LogP contribution in [0.2, 0.25) is 0 Å². The number of nitrogens with zero attached hydrogens (tertiary/aromatic N) is 3. The molecule has 2 aromatic heterocycles. The Morgan fingerprint density at radius 1 is 1.22 bits per heavy atom. The van der Waals surface area contributed by atoms with E-state index in [9.17, 15) is 9.18 Å². The van der Waals surface area contributed by atoms with Crippen molar-refractivity contribution in [2.75, 3.05) is 26.2 Å². The van der Waals surface area contributed by atoms with E-state index in [1.807, 2.05) is 4.90 Å². The molecule has 1 amide bonds. The quantitative estimate of drug-likeness (QED) is 0.727. The van der Waals surface area contributed by atoms with Gasteiger partial charge in [0.05, 0.1) is 22.3 Å². The first-order valence-electron chi connectivity index (χ1n) is 8.66. The predicted octanol–water partition coefficient (Wildman–Crippen LogP) is 3.19. The summed E-state index contributed by atoms with van der Waals surface area (Å²) >= 11 is 0. The maximum Gasteiger partial charge on any atom is 0.259 e. The van der Waals surface area contributed by atoms with Crippen molar-refractivity contribution in [2.45, 2.75) is 13.3 Å². The summed E-state index contributed by atoms with van der Waals surface area (Å²) in [5.41, 5.74) is 2.75. The summed E-state index contributed by atoms with van der Waals surface area (Å²) in [6, 6.07) is 7.76. The molecular weight excluding hydrogens is 371 g/mol. The molecule has 3 heterocycles. The second-order valence-electron chi connectivity index (χ2n) is 6.41. The van der Waals surface area contributed by atoms with Gasteiger partial charge in [-0.05, 0) is 50.2 Å². The van der Waals surface area contributed by atoms with Crippen LogP contribution in [-0.2, 0) is 0 Å². The number of carbonyl (C=O) groups is 1. The van der Waals surface area contributed by atoms with Gasteiger partial charge in [-0.15, -0.1) is 12.4 Å². The zero-order valence-corrected chi connectivity index (χ0v) is 15.7. The fraction of sp³-hybridized carbons (Fsp3) is 0.316. The Morgan fingerprint density at radius 3 is 2.78 bits per heavy atom. The lowest BCUT2D eigenvalue weighted by Crippen LogP contribution is -2.34. The summed E-state index contributed by atoms with van der Waals surface area (Å²) in [6.45, 7) is 4.83. The summed E-state index contributed by atoms with van der Waals surface area (Å²) in [7, 11) is 0. The van der Waals surface area contributed by atoms with Crippen LogP contribution in [0.25, 0.3) is 22.4 Å². The molecule has 3 aromatic rings. The molecule has 0 bridgehead atoms. The molecule has 1 aliphatic rings. The van der Waals surface area contributed by atoms with Gasteiger partial charge in [0, 0.05) is 25.2 Å². The van der Waals surface area contributed by atoms with E-state index in [0.29, 0.717) is 46.7 Å². The normalized spacial score (nSPS) is 14.7. The standard InChI is InChI=1S/C19H19FN4O2.ClH/c1-12-17-15(19(25)24-9-2-7-21-8-10-24)11-16(22-18(17)26-23-12)13-3-5-14(20)6-4-13;/h3-6,11,21H,2,7-10H2,1H3;1H. The second-order valence-corrected chi connectivity index (χ2v) is 6.41. The van der Waals surface area contributed by atoms with Crippen molar-refractivity contribution in [2.24, 2.45) is 0 Å². The SMILES string of the molecule is Cc1noc2nc(-c3ccc(F)cc3)cc(C(=O)N3CCCNCC3)c12.Cl. The van der Waals surface area contributed by atoms with Crippen molar-refractivity contribution in [1.82, 2.24) is 20.4 Å². The minimum Gasteiger partial charge on any atom is -0.337 e. The van der Waals surface area contributed by atoms with Gasteiger partial charge in [0.1, 0.15) is 5.82 Å². The van der Waals surface area contributed by atoms with Crippen LogP contribution in [0.1, 0.15) is 22.5 Å². The first-order valence-corrected chi connectivity index (χ1v) is 8.66. The predicted molar refractivity (Wildman–Crippen MR) is 103 cm³/mol. The fourth-order valence-corrected chi connectivity index (χ4v) is 3.25. The third-order valence-corrected chi connectivity index (χ3v) is 4.61. The molecule has 0 atom stereocenters. The molecule has 1 aromatic carbocycles. The fourth-order valence-electron chi connectivity index (χ4n) is 3.25. The zero-order chi connectivity index (χ0) is 18.1. The smallest absolute Gasteiger partial charge is 0.259 e. The average Bonchev–Trinajstić information content (AvgIpc) is 2.86. The summed E-state index contributed by atoms with van der Waals surface area (Å²) in [5, 5.41) is 7.90. The van der Waals surface area contributed by atoms with Crippen LogP contribution >= 0.6 is 12.4 Å². The van der Waals surface area contributed by atoms with Gasteiger partial charge in [-0.3, -0.25) is 4.79 Å². The van der Waals surface area contributed by atoms with Crippen LogP contribution in [0.15, 0.2) is 34.9 Å². The van der Waals surface area contributed by atoms with E-state index in [0.717, 1.165) is 19.5 Å².